The number of hydrogen-bond donors (Lipinski definition) is 2. The molecule has 4 nitrogen and oxygen atoms in total. The summed E-state index contributed by atoms with van der Waals surface area (Å²) in [5.41, 5.74) is 11.1. The van der Waals surface area contributed by atoms with Gasteiger partial charge in [-0.25, -0.2) is 0 Å². The Kier molecular flexibility index (Phi) is 5.20. The summed E-state index contributed by atoms with van der Waals surface area (Å²) < 4.78 is 0. The molecule has 3 aromatic heterocycles. The van der Waals surface area contributed by atoms with E-state index in [4.69, 9.17) is 0 Å². The molecule has 2 N–H and O–H groups in total. The quantitative estimate of drug-likeness (QED) is 0.333. The molecule has 0 spiro atoms. The van der Waals surface area contributed by atoms with E-state index in [9.17, 15) is 0 Å². The second-order valence-corrected chi connectivity index (χ2v) is 8.10. The van der Waals surface area contributed by atoms with E-state index in [0.717, 1.165) is 52.0 Å². The van der Waals surface area contributed by atoms with E-state index in [-0.39, 0.29) is 0 Å². The molecule has 0 amide bonds. The zero-order valence-corrected chi connectivity index (χ0v) is 18.4. The molecule has 0 atom stereocenters. The van der Waals surface area contributed by atoms with Crippen molar-refractivity contribution in [2.45, 2.75) is 26.7 Å². The van der Waals surface area contributed by atoms with Crippen LogP contribution in [0.4, 0.5) is 0 Å². The lowest BCUT2D eigenvalue weighted by molar-refractivity contribution is 1.10. The van der Waals surface area contributed by atoms with Gasteiger partial charge < -0.3 is 4.98 Å². The number of nitrogens with zero attached hydrogens (tertiary/aromatic N) is 2. The van der Waals surface area contributed by atoms with Gasteiger partial charge in [-0.2, -0.15) is 5.10 Å². The Morgan fingerprint density at radius 3 is 2.84 bits per heavy atom. The Balaban J connectivity index is 1.59. The average molecular weight is 419 g/mol. The molecule has 4 heteroatoms. The minimum atomic E-state index is 0.921. The van der Waals surface area contributed by atoms with Crippen LogP contribution in [0.2, 0.25) is 0 Å². The number of H-pyrrole nitrogens is 2. The predicted molar refractivity (Wildman–Crippen MR) is 133 cm³/mol. The van der Waals surface area contributed by atoms with Gasteiger partial charge in [0, 0.05) is 34.6 Å². The highest BCUT2D eigenvalue weighted by molar-refractivity contribution is 5.96. The maximum atomic E-state index is 4.65. The van der Waals surface area contributed by atoms with Gasteiger partial charge in [0.25, 0.3) is 0 Å². The SMILES string of the molecule is C=C/C=C(/C1=CCC=C1)c1cc(-c2n[nH]c3ccc(-c4cncc(CC)c4)cc23)[nH]c1C. The number of fused-ring (bicyclic) bond motifs is 1. The van der Waals surface area contributed by atoms with Crippen LogP contribution >= 0.6 is 0 Å². The van der Waals surface area contributed by atoms with Gasteiger partial charge in [0.15, 0.2) is 0 Å². The van der Waals surface area contributed by atoms with Crippen LogP contribution in [0, 0.1) is 6.92 Å². The van der Waals surface area contributed by atoms with Crippen LogP contribution in [-0.4, -0.2) is 20.2 Å². The number of hydrogen-bond acceptors (Lipinski definition) is 2. The van der Waals surface area contributed by atoms with Gasteiger partial charge in [0.2, 0.25) is 0 Å². The van der Waals surface area contributed by atoms with Crippen molar-refractivity contribution in [1.29, 1.82) is 0 Å². The van der Waals surface area contributed by atoms with E-state index in [1.165, 1.54) is 22.3 Å². The minimum Gasteiger partial charge on any atom is -0.357 e. The first-order valence-electron chi connectivity index (χ1n) is 11.0. The average Bonchev–Trinajstić information content (AvgIpc) is 3.57. The van der Waals surface area contributed by atoms with Crippen molar-refractivity contribution in [2.24, 2.45) is 0 Å². The smallest absolute Gasteiger partial charge is 0.116 e. The first-order valence-corrected chi connectivity index (χ1v) is 11.0. The molecule has 4 aromatic rings. The Labute approximate surface area is 188 Å². The van der Waals surface area contributed by atoms with Gasteiger partial charge in [0.1, 0.15) is 5.69 Å². The van der Waals surface area contributed by atoms with Crippen LogP contribution in [0.1, 0.15) is 30.2 Å². The number of nitrogens with one attached hydrogen (secondary N) is 2. The van der Waals surface area contributed by atoms with Gasteiger partial charge in [0.05, 0.1) is 11.2 Å². The van der Waals surface area contributed by atoms with Gasteiger partial charge in [-0.05, 0) is 66.3 Å². The number of aromatic amines is 2. The largest absolute Gasteiger partial charge is 0.357 e. The van der Waals surface area contributed by atoms with Crippen molar-refractivity contribution in [1.82, 2.24) is 20.2 Å². The van der Waals surface area contributed by atoms with Gasteiger partial charge in [-0.15, -0.1) is 0 Å². The second-order valence-electron chi connectivity index (χ2n) is 8.10. The molecule has 158 valence electrons. The lowest BCUT2D eigenvalue weighted by Gasteiger charge is -2.06. The fourth-order valence-corrected chi connectivity index (χ4v) is 4.32. The number of rotatable bonds is 6. The normalized spacial score (nSPS) is 13.7. The molecule has 1 aliphatic carbocycles. The summed E-state index contributed by atoms with van der Waals surface area (Å²) in [5.74, 6) is 0. The molecule has 0 radical (unpaired) electrons. The maximum Gasteiger partial charge on any atom is 0.116 e. The van der Waals surface area contributed by atoms with Crippen molar-refractivity contribution in [3.8, 4) is 22.5 Å². The molecular weight excluding hydrogens is 392 g/mol. The summed E-state index contributed by atoms with van der Waals surface area (Å²) >= 11 is 0. The molecule has 3 heterocycles. The molecule has 0 unspecified atom stereocenters. The van der Waals surface area contributed by atoms with Gasteiger partial charge in [-0.1, -0.05) is 49.9 Å². The summed E-state index contributed by atoms with van der Waals surface area (Å²) in [7, 11) is 0. The second kappa shape index (κ2) is 8.31. The molecule has 1 aliphatic rings. The number of allylic oxidation sites excluding steroid dienone is 7. The molecule has 0 bridgehead atoms. The number of benzene rings is 1. The number of pyridine rings is 1. The van der Waals surface area contributed by atoms with Crippen LogP contribution in [0.5, 0.6) is 0 Å². The van der Waals surface area contributed by atoms with Crippen LogP contribution in [0.25, 0.3) is 39.0 Å². The van der Waals surface area contributed by atoms with Crippen molar-refractivity contribution < 1.29 is 0 Å². The minimum absolute atomic E-state index is 0.921. The first kappa shape index (κ1) is 20.0. The highest BCUT2D eigenvalue weighted by Crippen LogP contribution is 2.35. The lowest BCUT2D eigenvalue weighted by Crippen LogP contribution is -1.87. The Morgan fingerprint density at radius 1 is 1.16 bits per heavy atom. The molecule has 0 saturated heterocycles. The fraction of sp³-hybridized carbons (Fsp3) is 0.143. The van der Waals surface area contributed by atoms with Gasteiger partial charge in [-0.3, -0.25) is 10.1 Å². The molecular formula is C28H26N4. The summed E-state index contributed by atoms with van der Waals surface area (Å²) in [6.07, 6.45) is 16.3. The third kappa shape index (κ3) is 3.54. The van der Waals surface area contributed by atoms with Crippen molar-refractivity contribution in [3.05, 3.63) is 102 Å². The van der Waals surface area contributed by atoms with E-state index in [1.54, 1.807) is 0 Å². The highest BCUT2D eigenvalue weighted by Gasteiger charge is 2.17. The molecule has 1 aromatic carbocycles. The lowest BCUT2D eigenvalue weighted by atomic mass is 9.98. The van der Waals surface area contributed by atoms with Crippen LogP contribution in [-0.2, 0) is 6.42 Å². The van der Waals surface area contributed by atoms with Crippen molar-refractivity contribution >= 4 is 16.5 Å². The Bertz CT molecular complexity index is 1410. The number of aryl methyl sites for hydroxylation is 2. The zero-order valence-electron chi connectivity index (χ0n) is 18.4. The third-order valence-corrected chi connectivity index (χ3v) is 6.03. The van der Waals surface area contributed by atoms with E-state index in [2.05, 4.69) is 95.2 Å². The summed E-state index contributed by atoms with van der Waals surface area (Å²) in [6.45, 7) is 8.17. The summed E-state index contributed by atoms with van der Waals surface area (Å²) in [4.78, 5) is 7.97. The zero-order chi connectivity index (χ0) is 22.1. The Morgan fingerprint density at radius 2 is 2.06 bits per heavy atom. The predicted octanol–water partition coefficient (Wildman–Crippen LogP) is 6.95. The topological polar surface area (TPSA) is 57.4 Å². The van der Waals surface area contributed by atoms with E-state index in [0.29, 0.717) is 0 Å². The third-order valence-electron chi connectivity index (χ3n) is 6.03. The highest BCUT2D eigenvalue weighted by atomic mass is 15.1. The summed E-state index contributed by atoms with van der Waals surface area (Å²) in [6, 6.07) is 10.8. The van der Waals surface area contributed by atoms with E-state index < -0.39 is 0 Å². The molecule has 0 fully saturated rings. The Hall–Kier alpha value is -3.92. The van der Waals surface area contributed by atoms with Gasteiger partial charge >= 0.3 is 0 Å². The molecule has 0 aliphatic heterocycles. The number of aromatic nitrogens is 4. The molecule has 5 rings (SSSR count). The monoisotopic (exact) mass is 418 g/mol. The maximum absolute atomic E-state index is 4.65. The van der Waals surface area contributed by atoms with Crippen LogP contribution < -0.4 is 0 Å². The fourth-order valence-electron chi connectivity index (χ4n) is 4.32. The van der Waals surface area contributed by atoms with E-state index in [1.807, 2.05) is 18.5 Å². The van der Waals surface area contributed by atoms with Crippen LogP contribution in [0.15, 0.2) is 85.3 Å². The van der Waals surface area contributed by atoms with Crippen molar-refractivity contribution in [3.63, 3.8) is 0 Å². The molecule has 32 heavy (non-hydrogen) atoms. The molecule has 0 saturated carbocycles. The standard InChI is InChI=1S/C28H26N4/c1-4-8-23(20-9-6-7-10-20)24-15-27(30-18(24)3)28-25-14-21(11-12-26(25)31-32-28)22-13-19(5-2)16-29-17-22/h4,6,8-17,30H,1,5,7H2,2-3H3,(H,31,32)/b23-8-. The van der Waals surface area contributed by atoms with Crippen LogP contribution in [0.3, 0.4) is 0 Å². The van der Waals surface area contributed by atoms with Crippen molar-refractivity contribution in [2.75, 3.05) is 0 Å². The summed E-state index contributed by atoms with van der Waals surface area (Å²) in [5, 5.41) is 8.93. The van der Waals surface area contributed by atoms with E-state index >= 15 is 0 Å². The first-order chi connectivity index (χ1) is 15.7.